The van der Waals surface area contributed by atoms with E-state index in [1.54, 1.807) is 0 Å². The molecule has 7 heteroatoms. The Balaban J connectivity index is 3.47. The molecule has 0 amide bonds. The highest BCUT2D eigenvalue weighted by molar-refractivity contribution is 9.10. The largest absolute Gasteiger partial charge is 0.503 e. The second-order valence-corrected chi connectivity index (χ2v) is 4.47. The van der Waals surface area contributed by atoms with Crippen molar-refractivity contribution < 1.29 is 22.1 Å². The van der Waals surface area contributed by atoms with Crippen LogP contribution in [0.25, 0.3) is 0 Å². The average Bonchev–Trinajstić information content (AvgIpc) is 2.07. The third-order valence-electron chi connectivity index (χ3n) is 1.53. The van der Waals surface area contributed by atoms with Crippen molar-refractivity contribution in [3.05, 3.63) is 16.6 Å². The number of phenols is 1. The van der Waals surface area contributed by atoms with Crippen LogP contribution < -0.4 is 4.74 Å². The molecule has 0 aliphatic carbocycles. The van der Waals surface area contributed by atoms with Gasteiger partial charge in [-0.05, 0) is 28.1 Å². The van der Waals surface area contributed by atoms with E-state index in [1.165, 1.54) is 7.11 Å². The van der Waals surface area contributed by atoms with Crippen molar-refractivity contribution in [3.8, 4) is 11.5 Å². The second kappa shape index (κ2) is 3.74. The highest BCUT2D eigenvalue weighted by atomic mass is 79.9. The van der Waals surface area contributed by atoms with Crippen molar-refractivity contribution in [2.24, 2.45) is 0 Å². The van der Waals surface area contributed by atoms with Crippen LogP contribution in [-0.2, 0) is 10.2 Å². The van der Waals surface area contributed by atoms with E-state index in [0.717, 1.165) is 12.1 Å². The van der Waals surface area contributed by atoms with Gasteiger partial charge in [-0.25, -0.2) is 0 Å². The Morgan fingerprint density at radius 3 is 2.50 bits per heavy atom. The molecule has 0 saturated carbocycles. The first-order valence-electron chi connectivity index (χ1n) is 3.38. The Hall–Kier alpha value is -0.820. The molecule has 0 heterocycles. The van der Waals surface area contributed by atoms with E-state index in [2.05, 4.69) is 15.9 Å². The maximum Gasteiger partial charge on any atom is 0.333 e. The zero-order chi connectivity index (χ0) is 10.9. The molecule has 0 unspecified atom stereocenters. The molecule has 78 valence electrons. The van der Waals surface area contributed by atoms with Crippen LogP contribution in [0.1, 0.15) is 0 Å². The summed E-state index contributed by atoms with van der Waals surface area (Å²) in [4.78, 5) is -0.629. The zero-order valence-corrected chi connectivity index (χ0v) is 9.39. The van der Waals surface area contributed by atoms with Crippen LogP contribution in [-0.4, -0.2) is 20.6 Å². The lowest BCUT2D eigenvalue weighted by molar-refractivity contribution is 0.370. The summed E-state index contributed by atoms with van der Waals surface area (Å²) in [6.45, 7) is 0. The van der Waals surface area contributed by atoms with Crippen molar-refractivity contribution >= 4 is 26.2 Å². The molecule has 0 saturated heterocycles. The first kappa shape index (κ1) is 11.3. The van der Waals surface area contributed by atoms with Crippen LogP contribution >= 0.6 is 15.9 Å². The minimum absolute atomic E-state index is 0.0595. The van der Waals surface area contributed by atoms with Gasteiger partial charge in [0.15, 0.2) is 11.5 Å². The summed E-state index contributed by atoms with van der Waals surface area (Å²) in [6.07, 6.45) is 0. The summed E-state index contributed by atoms with van der Waals surface area (Å²) in [5, 5.41) is 9.34. The highest BCUT2D eigenvalue weighted by Crippen LogP contribution is 2.38. The van der Waals surface area contributed by atoms with Crippen LogP contribution in [0.15, 0.2) is 21.5 Å². The molecule has 0 aromatic heterocycles. The van der Waals surface area contributed by atoms with Crippen LogP contribution in [0.4, 0.5) is 3.89 Å². The van der Waals surface area contributed by atoms with E-state index < -0.39 is 20.9 Å². The van der Waals surface area contributed by atoms with Gasteiger partial charge in [0, 0.05) is 0 Å². The van der Waals surface area contributed by atoms with Crippen LogP contribution in [0.3, 0.4) is 0 Å². The lowest BCUT2D eigenvalue weighted by Crippen LogP contribution is -1.95. The number of benzene rings is 1. The Labute approximate surface area is 88.7 Å². The van der Waals surface area contributed by atoms with E-state index in [1.807, 2.05) is 0 Å². The van der Waals surface area contributed by atoms with Gasteiger partial charge >= 0.3 is 10.2 Å². The number of aromatic hydroxyl groups is 1. The van der Waals surface area contributed by atoms with Crippen molar-refractivity contribution in [1.29, 1.82) is 0 Å². The third kappa shape index (κ3) is 1.98. The second-order valence-electron chi connectivity index (χ2n) is 2.37. The number of phenolic OH excluding ortho intramolecular Hbond substituents is 1. The van der Waals surface area contributed by atoms with Gasteiger partial charge in [0.1, 0.15) is 4.90 Å². The fraction of sp³-hybridized carbons (Fsp3) is 0.143. The summed E-state index contributed by atoms with van der Waals surface area (Å²) in [5.41, 5.74) is 0. The monoisotopic (exact) mass is 284 g/mol. The van der Waals surface area contributed by atoms with E-state index in [0.29, 0.717) is 0 Å². The average molecular weight is 285 g/mol. The van der Waals surface area contributed by atoms with Gasteiger partial charge in [-0.15, -0.1) is 3.89 Å². The molecule has 0 atom stereocenters. The molecule has 1 aromatic carbocycles. The fourth-order valence-corrected chi connectivity index (χ4v) is 2.33. The molecule has 0 aliphatic rings. The summed E-state index contributed by atoms with van der Waals surface area (Å²) >= 11 is 2.76. The maximum atomic E-state index is 12.6. The molecule has 14 heavy (non-hydrogen) atoms. The SMILES string of the molecule is COc1ccc(S(=O)(=O)F)c(Br)c1O. The molecule has 1 N–H and O–H groups in total. The minimum atomic E-state index is -4.84. The molecule has 0 fully saturated rings. The summed E-state index contributed by atoms with van der Waals surface area (Å²) in [7, 11) is -3.55. The van der Waals surface area contributed by atoms with Gasteiger partial charge in [-0.3, -0.25) is 0 Å². The maximum absolute atomic E-state index is 12.6. The molecule has 1 aromatic rings. The molecule has 0 radical (unpaired) electrons. The number of ether oxygens (including phenoxy) is 1. The Morgan fingerprint density at radius 2 is 2.07 bits per heavy atom. The van der Waals surface area contributed by atoms with E-state index in [-0.39, 0.29) is 10.2 Å². The van der Waals surface area contributed by atoms with Crippen LogP contribution in [0.2, 0.25) is 0 Å². The predicted octanol–water partition coefficient (Wildman–Crippen LogP) is 1.82. The first-order valence-corrected chi connectivity index (χ1v) is 5.55. The topological polar surface area (TPSA) is 63.6 Å². The molecular formula is C7H6BrFO4S. The molecule has 0 bridgehead atoms. The lowest BCUT2D eigenvalue weighted by atomic mass is 10.3. The molecular weight excluding hydrogens is 279 g/mol. The van der Waals surface area contributed by atoms with Crippen molar-refractivity contribution in [2.45, 2.75) is 4.90 Å². The van der Waals surface area contributed by atoms with Gasteiger partial charge < -0.3 is 9.84 Å². The van der Waals surface area contributed by atoms with Crippen molar-refractivity contribution in [1.82, 2.24) is 0 Å². The van der Waals surface area contributed by atoms with Crippen LogP contribution in [0.5, 0.6) is 11.5 Å². The Kier molecular flexibility index (Phi) is 3.01. The van der Waals surface area contributed by atoms with Crippen LogP contribution in [0, 0.1) is 0 Å². The number of hydrogen-bond acceptors (Lipinski definition) is 4. The lowest BCUT2D eigenvalue weighted by Gasteiger charge is -2.06. The standard InChI is InChI=1S/C7H6BrFO4S/c1-13-4-2-3-5(14(9,11)12)6(8)7(4)10/h2-3,10H,1H3. The predicted molar refractivity (Wildman–Crippen MR) is 50.7 cm³/mol. The van der Waals surface area contributed by atoms with Gasteiger partial charge in [0.25, 0.3) is 0 Å². The fourth-order valence-electron chi connectivity index (χ4n) is 0.881. The zero-order valence-electron chi connectivity index (χ0n) is 6.99. The molecule has 0 aliphatic heterocycles. The highest BCUT2D eigenvalue weighted by Gasteiger charge is 2.20. The number of hydrogen-bond donors (Lipinski definition) is 1. The first-order chi connectivity index (χ1) is 6.38. The molecule has 4 nitrogen and oxygen atoms in total. The van der Waals surface area contributed by atoms with Gasteiger partial charge in [0.05, 0.1) is 11.6 Å². The van der Waals surface area contributed by atoms with Gasteiger partial charge in [-0.2, -0.15) is 8.42 Å². The smallest absolute Gasteiger partial charge is 0.333 e. The third-order valence-corrected chi connectivity index (χ3v) is 3.46. The van der Waals surface area contributed by atoms with E-state index >= 15 is 0 Å². The Bertz CT molecular complexity index is 457. The molecule has 1 rings (SSSR count). The molecule has 0 spiro atoms. The minimum Gasteiger partial charge on any atom is -0.503 e. The summed E-state index contributed by atoms with van der Waals surface area (Å²) in [6, 6.07) is 2.16. The normalized spacial score (nSPS) is 11.4. The summed E-state index contributed by atoms with van der Waals surface area (Å²) in [5.74, 6) is -0.393. The van der Waals surface area contributed by atoms with Gasteiger partial charge in [0.2, 0.25) is 0 Å². The Morgan fingerprint density at radius 1 is 1.50 bits per heavy atom. The van der Waals surface area contributed by atoms with Crippen molar-refractivity contribution in [3.63, 3.8) is 0 Å². The number of rotatable bonds is 2. The summed E-state index contributed by atoms with van der Waals surface area (Å²) < 4.78 is 38.1. The van der Waals surface area contributed by atoms with Gasteiger partial charge in [-0.1, -0.05) is 0 Å². The van der Waals surface area contributed by atoms with E-state index in [9.17, 15) is 17.4 Å². The number of halogens is 2. The number of methoxy groups -OCH3 is 1. The van der Waals surface area contributed by atoms with Crippen molar-refractivity contribution in [2.75, 3.05) is 7.11 Å². The quantitative estimate of drug-likeness (QED) is 0.842. The van der Waals surface area contributed by atoms with E-state index in [4.69, 9.17) is 4.74 Å².